The van der Waals surface area contributed by atoms with Crippen LogP contribution in [0.5, 0.6) is 0 Å². The Kier molecular flexibility index (Phi) is 4.07. The van der Waals surface area contributed by atoms with Gasteiger partial charge in [-0.1, -0.05) is 30.3 Å². The number of H-pyrrole nitrogens is 1. The zero-order chi connectivity index (χ0) is 14.8. The van der Waals surface area contributed by atoms with Gasteiger partial charge in [0, 0.05) is 26.2 Å². The highest BCUT2D eigenvalue weighted by molar-refractivity contribution is 7.71. The van der Waals surface area contributed by atoms with Crippen LogP contribution >= 0.6 is 12.2 Å². The Morgan fingerprint density at radius 2 is 2.05 bits per heavy atom. The van der Waals surface area contributed by atoms with E-state index in [1.54, 1.807) is 0 Å². The van der Waals surface area contributed by atoms with Gasteiger partial charge >= 0.3 is 0 Å². The third-order valence-electron chi connectivity index (χ3n) is 4.08. The highest BCUT2D eigenvalue weighted by atomic mass is 32.1. The average Bonchev–Trinajstić information content (AvgIpc) is 2.89. The van der Waals surface area contributed by atoms with Crippen LogP contribution in [0, 0.1) is 4.77 Å². The average molecular weight is 303 g/mol. The molecule has 6 heteroatoms. The van der Waals surface area contributed by atoms with Crippen LogP contribution in [0.1, 0.15) is 18.5 Å². The molecule has 1 N–H and O–H groups in total. The molecule has 3 rings (SSSR count). The monoisotopic (exact) mass is 303 g/mol. The number of hydrogen-bond donors (Lipinski definition) is 1. The number of hydrogen-bond acceptors (Lipinski definition) is 4. The summed E-state index contributed by atoms with van der Waals surface area (Å²) in [7, 11) is 2.17. The second kappa shape index (κ2) is 5.99. The Labute approximate surface area is 130 Å². The molecule has 2 aromatic rings. The van der Waals surface area contributed by atoms with Crippen LogP contribution in [0.4, 0.5) is 5.95 Å². The summed E-state index contributed by atoms with van der Waals surface area (Å²) in [4.78, 5) is 4.73. The van der Waals surface area contributed by atoms with Gasteiger partial charge < -0.3 is 9.80 Å². The normalized spacial score (nSPS) is 19.9. The van der Waals surface area contributed by atoms with Crippen LogP contribution in [-0.4, -0.2) is 46.3 Å². The molecule has 0 radical (unpaired) electrons. The van der Waals surface area contributed by atoms with Gasteiger partial charge in [0.15, 0.2) is 4.77 Å². The van der Waals surface area contributed by atoms with E-state index < -0.39 is 0 Å². The molecule has 1 saturated heterocycles. The zero-order valence-corrected chi connectivity index (χ0v) is 13.3. The van der Waals surface area contributed by atoms with Gasteiger partial charge in [0.2, 0.25) is 5.95 Å². The predicted octanol–water partition coefficient (Wildman–Crippen LogP) is 2.45. The number of likely N-dealkylation sites (N-methyl/N-ethyl adjacent to an activating group) is 1. The van der Waals surface area contributed by atoms with Gasteiger partial charge in [-0.25, -0.2) is 5.10 Å². The van der Waals surface area contributed by atoms with Crippen molar-refractivity contribution in [2.45, 2.75) is 19.5 Å². The summed E-state index contributed by atoms with van der Waals surface area (Å²) < 4.78 is 2.76. The molecule has 0 saturated carbocycles. The highest BCUT2D eigenvalue weighted by Gasteiger charge is 2.29. The van der Waals surface area contributed by atoms with Crippen molar-refractivity contribution in [2.75, 3.05) is 31.6 Å². The molecule has 1 aliphatic rings. The Morgan fingerprint density at radius 3 is 2.76 bits per heavy atom. The predicted molar refractivity (Wildman–Crippen MR) is 87.1 cm³/mol. The Bertz CT molecular complexity index is 648. The molecule has 1 unspecified atom stereocenters. The number of benzene rings is 1. The molecule has 1 fully saturated rings. The van der Waals surface area contributed by atoms with Crippen molar-refractivity contribution in [2.24, 2.45) is 0 Å². The van der Waals surface area contributed by atoms with Crippen molar-refractivity contribution < 1.29 is 0 Å². The van der Waals surface area contributed by atoms with Crippen LogP contribution in [-0.2, 0) is 6.54 Å². The van der Waals surface area contributed by atoms with Crippen LogP contribution in [0.15, 0.2) is 30.3 Å². The Balaban J connectivity index is 2.00. The van der Waals surface area contributed by atoms with E-state index in [2.05, 4.69) is 68.9 Å². The minimum absolute atomic E-state index is 0.306. The lowest BCUT2D eigenvalue weighted by atomic mass is 10.0. The summed E-state index contributed by atoms with van der Waals surface area (Å²) in [5.41, 5.74) is 1.32. The summed E-state index contributed by atoms with van der Waals surface area (Å²) in [6, 6.07) is 10.9. The molecule has 21 heavy (non-hydrogen) atoms. The fourth-order valence-corrected chi connectivity index (χ4v) is 3.19. The van der Waals surface area contributed by atoms with Gasteiger partial charge in [-0.05, 0) is 31.8 Å². The van der Waals surface area contributed by atoms with Crippen LogP contribution in [0.2, 0.25) is 0 Å². The largest absolute Gasteiger partial charge is 0.331 e. The molecule has 0 bridgehead atoms. The lowest BCUT2D eigenvalue weighted by molar-refractivity contribution is 0.266. The second-order valence-corrected chi connectivity index (χ2v) is 5.84. The van der Waals surface area contributed by atoms with Gasteiger partial charge in [0.1, 0.15) is 0 Å². The standard InChI is InChI=1S/C15H21N5S/c1-3-19-14(16-17-15(19)21)20-10-9-18(2)11-13(20)12-7-5-4-6-8-12/h4-8,13H,3,9-11H2,1-2H3,(H,17,21). The summed E-state index contributed by atoms with van der Waals surface area (Å²) in [5, 5.41) is 7.39. The van der Waals surface area contributed by atoms with Gasteiger partial charge in [-0.2, -0.15) is 0 Å². The van der Waals surface area contributed by atoms with E-state index in [0.717, 1.165) is 32.1 Å². The molecule has 1 aromatic carbocycles. The van der Waals surface area contributed by atoms with Crippen molar-refractivity contribution in [1.29, 1.82) is 0 Å². The van der Waals surface area contributed by atoms with E-state index in [1.165, 1.54) is 5.56 Å². The Hall–Kier alpha value is -1.66. The van der Waals surface area contributed by atoms with E-state index in [0.29, 0.717) is 10.8 Å². The van der Waals surface area contributed by atoms with Gasteiger partial charge in [-0.15, -0.1) is 5.10 Å². The topological polar surface area (TPSA) is 40.1 Å². The van der Waals surface area contributed by atoms with E-state index in [-0.39, 0.29) is 0 Å². The molecule has 0 spiro atoms. The molecule has 0 aliphatic carbocycles. The SMILES string of the molecule is CCn1c(N2CCN(C)CC2c2ccccc2)n[nH]c1=S. The summed E-state index contributed by atoms with van der Waals surface area (Å²) in [6.07, 6.45) is 0. The Morgan fingerprint density at radius 1 is 1.29 bits per heavy atom. The lowest BCUT2D eigenvalue weighted by Crippen LogP contribution is -2.47. The number of nitrogens with zero attached hydrogens (tertiary/aromatic N) is 4. The van der Waals surface area contributed by atoms with Crippen molar-refractivity contribution in [3.8, 4) is 0 Å². The van der Waals surface area contributed by atoms with E-state index in [9.17, 15) is 0 Å². The number of nitrogens with one attached hydrogen (secondary N) is 1. The van der Waals surface area contributed by atoms with Crippen LogP contribution in [0.3, 0.4) is 0 Å². The zero-order valence-electron chi connectivity index (χ0n) is 12.5. The smallest absolute Gasteiger partial charge is 0.226 e. The fraction of sp³-hybridized carbons (Fsp3) is 0.467. The van der Waals surface area contributed by atoms with Gasteiger partial charge in [-0.3, -0.25) is 4.57 Å². The van der Waals surface area contributed by atoms with Crippen molar-refractivity contribution >= 4 is 18.2 Å². The molecular formula is C15H21N5S. The molecule has 2 heterocycles. The number of anilines is 1. The van der Waals surface area contributed by atoms with E-state index in [4.69, 9.17) is 12.2 Å². The first-order valence-electron chi connectivity index (χ1n) is 7.36. The van der Waals surface area contributed by atoms with Gasteiger partial charge in [0.05, 0.1) is 6.04 Å². The minimum atomic E-state index is 0.306. The van der Waals surface area contributed by atoms with E-state index in [1.807, 2.05) is 0 Å². The number of aromatic nitrogens is 3. The second-order valence-electron chi connectivity index (χ2n) is 5.46. The maximum absolute atomic E-state index is 5.33. The number of rotatable bonds is 3. The first-order valence-corrected chi connectivity index (χ1v) is 7.77. The minimum Gasteiger partial charge on any atom is -0.331 e. The van der Waals surface area contributed by atoms with Crippen molar-refractivity contribution in [3.63, 3.8) is 0 Å². The quantitative estimate of drug-likeness (QED) is 0.884. The fourth-order valence-electron chi connectivity index (χ4n) is 2.93. The molecule has 5 nitrogen and oxygen atoms in total. The first-order chi connectivity index (χ1) is 10.2. The third kappa shape index (κ3) is 2.73. The maximum atomic E-state index is 5.33. The maximum Gasteiger partial charge on any atom is 0.226 e. The lowest BCUT2D eigenvalue weighted by Gasteiger charge is -2.40. The molecule has 1 aromatic heterocycles. The van der Waals surface area contributed by atoms with Crippen LogP contribution in [0.25, 0.3) is 0 Å². The van der Waals surface area contributed by atoms with Gasteiger partial charge in [0.25, 0.3) is 0 Å². The highest BCUT2D eigenvalue weighted by Crippen LogP contribution is 2.29. The molecule has 112 valence electrons. The van der Waals surface area contributed by atoms with E-state index >= 15 is 0 Å². The summed E-state index contributed by atoms with van der Waals surface area (Å²) in [5.74, 6) is 0.949. The first kappa shape index (κ1) is 14.3. The summed E-state index contributed by atoms with van der Waals surface area (Å²) >= 11 is 5.33. The molecule has 0 amide bonds. The molecule has 1 atom stereocenters. The van der Waals surface area contributed by atoms with Crippen molar-refractivity contribution in [3.05, 3.63) is 40.7 Å². The number of aromatic amines is 1. The van der Waals surface area contributed by atoms with Crippen molar-refractivity contribution in [1.82, 2.24) is 19.7 Å². The molecular weight excluding hydrogens is 282 g/mol. The summed E-state index contributed by atoms with van der Waals surface area (Å²) in [6.45, 7) is 5.91. The third-order valence-corrected chi connectivity index (χ3v) is 4.39. The number of piperazine rings is 1. The van der Waals surface area contributed by atoms with Crippen LogP contribution < -0.4 is 4.90 Å². The molecule has 1 aliphatic heterocycles.